The van der Waals surface area contributed by atoms with Gasteiger partial charge in [0.1, 0.15) is 0 Å². The van der Waals surface area contributed by atoms with Crippen LogP contribution in [0.1, 0.15) is 39.5 Å². The molecule has 0 saturated carbocycles. The van der Waals surface area contributed by atoms with Gasteiger partial charge in [0.25, 0.3) is 0 Å². The summed E-state index contributed by atoms with van der Waals surface area (Å²) in [5.74, 6) is 0.460. The third-order valence-corrected chi connectivity index (χ3v) is 2.88. The van der Waals surface area contributed by atoms with Gasteiger partial charge >= 0.3 is 6.03 Å². The van der Waals surface area contributed by atoms with E-state index in [1.54, 1.807) is 0 Å². The molecule has 0 spiro atoms. The van der Waals surface area contributed by atoms with Crippen LogP contribution in [0.2, 0.25) is 0 Å². The fourth-order valence-electron chi connectivity index (χ4n) is 2.08. The van der Waals surface area contributed by atoms with Crippen molar-refractivity contribution < 1.29 is 9.90 Å². The van der Waals surface area contributed by atoms with Gasteiger partial charge in [-0.25, -0.2) is 4.79 Å². The van der Waals surface area contributed by atoms with Crippen molar-refractivity contribution >= 4 is 6.03 Å². The number of rotatable bonds is 5. The zero-order chi connectivity index (χ0) is 12.7. The molecule has 0 aromatic heterocycles. The first-order valence-corrected chi connectivity index (χ1v) is 6.46. The van der Waals surface area contributed by atoms with E-state index in [2.05, 4.69) is 30.6 Å². The summed E-state index contributed by atoms with van der Waals surface area (Å²) in [5, 5.41) is 14.9. The molecule has 1 aliphatic rings. The van der Waals surface area contributed by atoms with Crippen molar-refractivity contribution in [3.8, 4) is 0 Å². The van der Waals surface area contributed by atoms with Crippen molar-refractivity contribution in [1.82, 2.24) is 10.6 Å². The number of aliphatic hydroxyl groups excluding tert-OH is 1. The van der Waals surface area contributed by atoms with Crippen LogP contribution in [-0.2, 0) is 0 Å². The smallest absolute Gasteiger partial charge is 0.315 e. The highest BCUT2D eigenvalue weighted by atomic mass is 16.3. The predicted molar refractivity (Wildman–Crippen MR) is 68.8 cm³/mol. The summed E-state index contributed by atoms with van der Waals surface area (Å²) in [4.78, 5) is 11.7. The molecule has 2 unspecified atom stereocenters. The number of aliphatic hydroxyl groups is 1. The Hall–Kier alpha value is -1.03. The molecule has 0 saturated heterocycles. The van der Waals surface area contributed by atoms with Gasteiger partial charge in [0.2, 0.25) is 0 Å². The first-order valence-electron chi connectivity index (χ1n) is 6.46. The van der Waals surface area contributed by atoms with Gasteiger partial charge in [-0.2, -0.15) is 0 Å². The Morgan fingerprint density at radius 3 is 2.82 bits per heavy atom. The topological polar surface area (TPSA) is 61.4 Å². The Morgan fingerprint density at radius 1 is 1.53 bits per heavy atom. The maximum Gasteiger partial charge on any atom is 0.315 e. The van der Waals surface area contributed by atoms with Crippen LogP contribution in [0.3, 0.4) is 0 Å². The van der Waals surface area contributed by atoms with Crippen molar-refractivity contribution in [1.29, 1.82) is 0 Å². The Labute approximate surface area is 103 Å². The Bertz CT molecular complexity index is 264. The second kappa shape index (κ2) is 7.33. The zero-order valence-corrected chi connectivity index (χ0v) is 10.8. The molecule has 0 bridgehead atoms. The van der Waals surface area contributed by atoms with Crippen LogP contribution in [0.4, 0.5) is 4.79 Å². The molecule has 4 nitrogen and oxygen atoms in total. The van der Waals surface area contributed by atoms with Gasteiger partial charge in [-0.1, -0.05) is 26.0 Å². The number of allylic oxidation sites excluding steroid dienone is 1. The molecule has 2 atom stereocenters. The summed E-state index contributed by atoms with van der Waals surface area (Å²) in [6, 6.07) is -0.189. The lowest BCUT2D eigenvalue weighted by molar-refractivity contribution is 0.205. The van der Waals surface area contributed by atoms with Crippen molar-refractivity contribution in [2.45, 2.75) is 51.6 Å². The van der Waals surface area contributed by atoms with Gasteiger partial charge in [-0.3, -0.25) is 0 Å². The molecular weight excluding hydrogens is 216 g/mol. The highest BCUT2D eigenvalue weighted by Gasteiger charge is 2.15. The molecule has 17 heavy (non-hydrogen) atoms. The van der Waals surface area contributed by atoms with Gasteiger partial charge in [-0.15, -0.1) is 0 Å². The van der Waals surface area contributed by atoms with E-state index in [-0.39, 0.29) is 24.7 Å². The largest absolute Gasteiger partial charge is 0.394 e. The summed E-state index contributed by atoms with van der Waals surface area (Å²) >= 11 is 0. The van der Waals surface area contributed by atoms with Crippen LogP contribution in [0.25, 0.3) is 0 Å². The Kier molecular flexibility index (Phi) is 6.05. The average molecular weight is 240 g/mol. The van der Waals surface area contributed by atoms with Gasteiger partial charge in [0, 0.05) is 6.04 Å². The van der Waals surface area contributed by atoms with E-state index in [4.69, 9.17) is 0 Å². The van der Waals surface area contributed by atoms with E-state index >= 15 is 0 Å². The van der Waals surface area contributed by atoms with Crippen molar-refractivity contribution in [2.24, 2.45) is 5.92 Å². The minimum atomic E-state index is -0.179. The maximum absolute atomic E-state index is 11.7. The van der Waals surface area contributed by atoms with Crippen molar-refractivity contribution in [3.63, 3.8) is 0 Å². The molecule has 0 aromatic carbocycles. The lowest BCUT2D eigenvalue weighted by atomic mass is 10.0. The number of carbonyl (C=O) groups is 1. The van der Waals surface area contributed by atoms with E-state index in [1.165, 1.54) is 0 Å². The monoisotopic (exact) mass is 240 g/mol. The highest BCUT2D eigenvalue weighted by molar-refractivity contribution is 5.74. The Balaban J connectivity index is 2.31. The highest BCUT2D eigenvalue weighted by Crippen LogP contribution is 2.10. The molecule has 98 valence electrons. The number of carbonyl (C=O) groups excluding carboxylic acids is 1. The second-order valence-electron chi connectivity index (χ2n) is 5.09. The standard InChI is InChI=1S/C13H24N2O2/c1-10(2)8-12(9-16)15-13(17)14-11-6-4-3-5-7-11/h4,6,10-12,16H,3,5,7-9H2,1-2H3,(H2,14,15,17). The number of hydrogen-bond acceptors (Lipinski definition) is 2. The van der Waals surface area contributed by atoms with E-state index in [0.717, 1.165) is 25.7 Å². The number of urea groups is 1. The van der Waals surface area contributed by atoms with E-state index < -0.39 is 0 Å². The summed E-state index contributed by atoms with van der Waals surface area (Å²) in [7, 11) is 0. The van der Waals surface area contributed by atoms with Gasteiger partial charge in [-0.05, 0) is 31.6 Å². The van der Waals surface area contributed by atoms with E-state index in [0.29, 0.717) is 5.92 Å². The lowest BCUT2D eigenvalue weighted by Crippen LogP contribution is -2.47. The van der Waals surface area contributed by atoms with Crippen LogP contribution in [-0.4, -0.2) is 29.8 Å². The van der Waals surface area contributed by atoms with Crippen molar-refractivity contribution in [2.75, 3.05) is 6.61 Å². The normalized spacial score (nSPS) is 21.3. The predicted octanol–water partition coefficient (Wildman–Crippen LogP) is 1.80. The van der Waals surface area contributed by atoms with Gasteiger partial charge in [0.05, 0.1) is 12.6 Å². The minimum Gasteiger partial charge on any atom is -0.394 e. The molecule has 0 heterocycles. The Morgan fingerprint density at radius 2 is 2.29 bits per heavy atom. The molecule has 1 aliphatic carbocycles. The first-order chi connectivity index (χ1) is 8.11. The first kappa shape index (κ1) is 14.0. The minimum absolute atomic E-state index is 0.00783. The van der Waals surface area contributed by atoms with E-state index in [9.17, 15) is 9.90 Å². The fourth-order valence-corrected chi connectivity index (χ4v) is 2.08. The second-order valence-corrected chi connectivity index (χ2v) is 5.09. The molecule has 0 aromatic rings. The van der Waals surface area contributed by atoms with E-state index in [1.807, 2.05) is 6.08 Å². The molecule has 2 amide bonds. The maximum atomic E-state index is 11.7. The molecular formula is C13H24N2O2. The summed E-state index contributed by atoms with van der Waals surface area (Å²) in [5.41, 5.74) is 0. The SMILES string of the molecule is CC(C)CC(CO)NC(=O)NC1C=CCCC1. The summed E-state index contributed by atoms with van der Waals surface area (Å²) in [6.07, 6.45) is 8.16. The molecule has 3 N–H and O–H groups in total. The van der Waals surface area contributed by atoms with Gasteiger partial charge in [0.15, 0.2) is 0 Å². The lowest BCUT2D eigenvalue weighted by Gasteiger charge is -2.22. The van der Waals surface area contributed by atoms with Crippen LogP contribution in [0.5, 0.6) is 0 Å². The van der Waals surface area contributed by atoms with Crippen molar-refractivity contribution in [3.05, 3.63) is 12.2 Å². The average Bonchev–Trinajstić information content (AvgIpc) is 2.28. The third kappa shape index (κ3) is 5.73. The third-order valence-electron chi connectivity index (χ3n) is 2.88. The number of amides is 2. The number of hydrogen-bond donors (Lipinski definition) is 3. The quantitative estimate of drug-likeness (QED) is 0.642. The van der Waals surface area contributed by atoms with Crippen LogP contribution < -0.4 is 10.6 Å². The molecule has 1 rings (SSSR count). The molecule has 0 radical (unpaired) electrons. The van der Waals surface area contributed by atoms with Crippen LogP contribution >= 0.6 is 0 Å². The fraction of sp³-hybridized carbons (Fsp3) is 0.769. The number of nitrogens with one attached hydrogen (secondary N) is 2. The summed E-state index contributed by atoms with van der Waals surface area (Å²) in [6.45, 7) is 4.14. The zero-order valence-electron chi connectivity index (χ0n) is 10.8. The van der Waals surface area contributed by atoms with Crippen LogP contribution in [0.15, 0.2) is 12.2 Å². The van der Waals surface area contributed by atoms with Gasteiger partial charge < -0.3 is 15.7 Å². The van der Waals surface area contributed by atoms with Crippen LogP contribution in [0, 0.1) is 5.92 Å². The molecule has 0 aliphatic heterocycles. The molecule has 4 heteroatoms. The molecule has 0 fully saturated rings. The summed E-state index contributed by atoms with van der Waals surface area (Å²) < 4.78 is 0.